The number of esters is 1. The predicted octanol–water partition coefficient (Wildman–Crippen LogP) is 5.91. The molecule has 0 aromatic rings. The monoisotopic (exact) mass is 344 g/mol. The van der Waals surface area contributed by atoms with E-state index in [9.17, 15) is 4.79 Å². The number of hydrogen-bond donors (Lipinski definition) is 0. The molecule has 0 aromatic carbocycles. The maximum Gasteiger partial charge on any atom is 0.302 e. The molecular formula is C23H36O2. The van der Waals surface area contributed by atoms with E-state index >= 15 is 0 Å². The van der Waals surface area contributed by atoms with Gasteiger partial charge >= 0.3 is 5.97 Å². The van der Waals surface area contributed by atoms with Gasteiger partial charge in [0.2, 0.25) is 0 Å². The Morgan fingerprint density at radius 3 is 2.60 bits per heavy atom. The van der Waals surface area contributed by atoms with Gasteiger partial charge in [-0.25, -0.2) is 0 Å². The first-order valence-electron chi connectivity index (χ1n) is 10.7. The third kappa shape index (κ3) is 2.61. The number of ether oxygens (including phenoxy) is 1. The molecule has 140 valence electrons. The number of fused-ring (bicyclic) bond motifs is 5. The summed E-state index contributed by atoms with van der Waals surface area (Å²) >= 11 is 0. The van der Waals surface area contributed by atoms with Crippen LogP contribution in [0.2, 0.25) is 0 Å². The zero-order valence-electron chi connectivity index (χ0n) is 16.6. The van der Waals surface area contributed by atoms with Crippen molar-refractivity contribution in [2.24, 2.45) is 34.5 Å². The lowest BCUT2D eigenvalue weighted by Crippen LogP contribution is -2.53. The van der Waals surface area contributed by atoms with Crippen molar-refractivity contribution < 1.29 is 9.53 Å². The van der Waals surface area contributed by atoms with Crippen LogP contribution in [-0.4, -0.2) is 12.1 Å². The van der Waals surface area contributed by atoms with E-state index in [-0.39, 0.29) is 12.1 Å². The SMILES string of the molecule is CC=C1CC[C@H]2[C@@H]3CCC4C[C@H](OC(C)=O)CC[C@]4(C)[C@H]3CC[C@]12C. The molecule has 0 radical (unpaired) electrons. The van der Waals surface area contributed by atoms with Crippen LogP contribution in [-0.2, 0) is 9.53 Å². The standard InChI is InChI=1S/C23H36O2/c1-5-16-7-9-20-19-8-6-17-14-18(25-15(2)24)10-12-23(17,4)21(19)11-13-22(16,20)3/h5,17-21H,6-14H2,1-4H3/t17?,18-,19+,20+,21+,22-,23+/m1/s1. The fourth-order valence-corrected chi connectivity index (χ4v) is 7.88. The Labute approximate surface area is 153 Å². The van der Waals surface area contributed by atoms with Gasteiger partial charge in [0.15, 0.2) is 0 Å². The van der Waals surface area contributed by atoms with Crippen molar-refractivity contribution in [3.05, 3.63) is 11.6 Å². The number of rotatable bonds is 1. The Morgan fingerprint density at radius 2 is 1.88 bits per heavy atom. The number of allylic oxidation sites excluding steroid dienone is 2. The predicted molar refractivity (Wildman–Crippen MR) is 101 cm³/mol. The van der Waals surface area contributed by atoms with Crippen LogP contribution in [0, 0.1) is 34.5 Å². The minimum Gasteiger partial charge on any atom is -0.463 e. The molecule has 2 heteroatoms. The summed E-state index contributed by atoms with van der Waals surface area (Å²) in [6.45, 7) is 8.98. The van der Waals surface area contributed by atoms with Gasteiger partial charge < -0.3 is 4.74 Å². The molecule has 0 aliphatic heterocycles. The Hall–Kier alpha value is -0.790. The molecule has 0 spiro atoms. The summed E-state index contributed by atoms with van der Waals surface area (Å²) in [4.78, 5) is 11.4. The molecule has 2 nitrogen and oxygen atoms in total. The summed E-state index contributed by atoms with van der Waals surface area (Å²) in [6, 6.07) is 0. The number of carbonyl (C=O) groups is 1. The van der Waals surface area contributed by atoms with Gasteiger partial charge in [-0.1, -0.05) is 25.5 Å². The Balaban J connectivity index is 1.55. The van der Waals surface area contributed by atoms with Gasteiger partial charge in [-0.2, -0.15) is 0 Å². The van der Waals surface area contributed by atoms with Gasteiger partial charge in [-0.15, -0.1) is 0 Å². The van der Waals surface area contributed by atoms with Crippen LogP contribution in [0.15, 0.2) is 11.6 Å². The Bertz CT molecular complexity index is 579. The van der Waals surface area contributed by atoms with Crippen LogP contribution in [0.1, 0.15) is 85.5 Å². The van der Waals surface area contributed by atoms with Gasteiger partial charge in [-0.3, -0.25) is 4.79 Å². The summed E-state index contributed by atoms with van der Waals surface area (Å²) in [7, 11) is 0. The first-order valence-corrected chi connectivity index (χ1v) is 10.7. The first-order chi connectivity index (χ1) is 11.9. The molecule has 4 fully saturated rings. The second-order valence-corrected chi connectivity index (χ2v) is 9.97. The lowest BCUT2D eigenvalue weighted by Gasteiger charge is -2.60. The lowest BCUT2D eigenvalue weighted by atomic mass is 9.45. The first kappa shape index (κ1) is 17.6. The molecular weight excluding hydrogens is 308 g/mol. The summed E-state index contributed by atoms with van der Waals surface area (Å²) < 4.78 is 5.59. The van der Waals surface area contributed by atoms with E-state index in [4.69, 9.17) is 4.74 Å². The average Bonchev–Trinajstić information content (AvgIpc) is 2.91. The highest BCUT2D eigenvalue weighted by atomic mass is 16.5. The molecule has 0 saturated heterocycles. The fraction of sp³-hybridized carbons (Fsp3) is 0.870. The molecule has 0 amide bonds. The molecule has 4 rings (SSSR count). The zero-order valence-corrected chi connectivity index (χ0v) is 16.6. The Kier molecular flexibility index (Phi) is 4.32. The van der Waals surface area contributed by atoms with E-state index in [2.05, 4.69) is 26.8 Å². The fourth-order valence-electron chi connectivity index (χ4n) is 7.88. The topological polar surface area (TPSA) is 26.3 Å². The van der Waals surface area contributed by atoms with Crippen LogP contribution in [0.4, 0.5) is 0 Å². The van der Waals surface area contributed by atoms with Crippen LogP contribution in [0.25, 0.3) is 0 Å². The Morgan fingerprint density at radius 1 is 1.08 bits per heavy atom. The van der Waals surface area contributed by atoms with Crippen molar-refractivity contribution in [1.29, 1.82) is 0 Å². The van der Waals surface area contributed by atoms with Gasteiger partial charge in [0, 0.05) is 6.92 Å². The van der Waals surface area contributed by atoms with Gasteiger partial charge in [0.05, 0.1) is 0 Å². The summed E-state index contributed by atoms with van der Waals surface area (Å²) in [5.41, 5.74) is 2.73. The molecule has 0 heterocycles. The smallest absolute Gasteiger partial charge is 0.302 e. The van der Waals surface area contributed by atoms with Gasteiger partial charge in [-0.05, 0) is 99.2 Å². The molecule has 7 atom stereocenters. The van der Waals surface area contributed by atoms with Gasteiger partial charge in [0.1, 0.15) is 6.10 Å². The van der Waals surface area contributed by atoms with E-state index in [1.54, 1.807) is 12.5 Å². The zero-order chi connectivity index (χ0) is 17.8. The van der Waals surface area contributed by atoms with Crippen molar-refractivity contribution >= 4 is 5.97 Å². The van der Waals surface area contributed by atoms with E-state index in [1.165, 1.54) is 44.9 Å². The number of hydrogen-bond acceptors (Lipinski definition) is 2. The van der Waals surface area contributed by atoms with Crippen LogP contribution in [0.5, 0.6) is 0 Å². The maximum atomic E-state index is 11.4. The quantitative estimate of drug-likeness (QED) is 0.437. The van der Waals surface area contributed by atoms with Crippen LogP contribution in [0.3, 0.4) is 0 Å². The third-order valence-corrected chi connectivity index (χ3v) is 9.15. The van der Waals surface area contributed by atoms with Crippen molar-refractivity contribution in [1.82, 2.24) is 0 Å². The van der Waals surface area contributed by atoms with Crippen LogP contribution >= 0.6 is 0 Å². The molecule has 25 heavy (non-hydrogen) atoms. The second kappa shape index (κ2) is 6.13. The van der Waals surface area contributed by atoms with Crippen molar-refractivity contribution in [2.45, 2.75) is 91.6 Å². The summed E-state index contributed by atoms with van der Waals surface area (Å²) in [5, 5.41) is 0. The molecule has 4 saturated carbocycles. The molecule has 1 unspecified atom stereocenters. The molecule has 0 bridgehead atoms. The summed E-state index contributed by atoms with van der Waals surface area (Å²) in [6.07, 6.45) is 14.4. The van der Waals surface area contributed by atoms with Crippen LogP contribution < -0.4 is 0 Å². The lowest BCUT2D eigenvalue weighted by molar-refractivity contribution is -0.158. The molecule has 4 aliphatic rings. The maximum absolute atomic E-state index is 11.4. The third-order valence-electron chi connectivity index (χ3n) is 9.15. The number of carbonyl (C=O) groups excluding carboxylic acids is 1. The van der Waals surface area contributed by atoms with Crippen molar-refractivity contribution in [2.75, 3.05) is 0 Å². The summed E-state index contributed by atoms with van der Waals surface area (Å²) in [5.74, 6) is 3.42. The van der Waals surface area contributed by atoms with Crippen molar-refractivity contribution in [3.63, 3.8) is 0 Å². The highest BCUT2D eigenvalue weighted by molar-refractivity contribution is 5.66. The minimum absolute atomic E-state index is 0.0967. The minimum atomic E-state index is -0.0967. The highest BCUT2D eigenvalue weighted by Crippen LogP contribution is 2.67. The normalized spacial score (nSPS) is 50.7. The van der Waals surface area contributed by atoms with Crippen molar-refractivity contribution in [3.8, 4) is 0 Å². The van der Waals surface area contributed by atoms with E-state index in [0.29, 0.717) is 10.8 Å². The molecule has 0 aromatic heterocycles. The molecule has 4 aliphatic carbocycles. The van der Waals surface area contributed by atoms with E-state index < -0.39 is 0 Å². The second-order valence-electron chi connectivity index (χ2n) is 9.97. The average molecular weight is 345 g/mol. The molecule has 0 N–H and O–H groups in total. The van der Waals surface area contributed by atoms with Gasteiger partial charge in [0.25, 0.3) is 0 Å². The van der Waals surface area contributed by atoms with E-state index in [1.807, 2.05) is 0 Å². The van der Waals surface area contributed by atoms with E-state index in [0.717, 1.165) is 36.5 Å². The largest absolute Gasteiger partial charge is 0.463 e. The highest BCUT2D eigenvalue weighted by Gasteiger charge is 2.59.